The second kappa shape index (κ2) is 3.68. The maximum absolute atomic E-state index is 9.36. The van der Waals surface area contributed by atoms with Crippen LogP contribution in [0.25, 0.3) is 0 Å². The molecule has 0 bridgehead atoms. The lowest BCUT2D eigenvalue weighted by Gasteiger charge is -2.38. The molecule has 1 aliphatic rings. The van der Waals surface area contributed by atoms with E-state index < -0.39 is 30.6 Å². The van der Waals surface area contributed by atoms with Crippen LogP contribution in [0, 0.1) is 0 Å². The Bertz CT molecular complexity index is 150. The fourth-order valence-electron chi connectivity index (χ4n) is 1.30. The van der Waals surface area contributed by atoms with Crippen molar-refractivity contribution in [1.82, 2.24) is 0 Å². The van der Waals surface area contributed by atoms with Gasteiger partial charge >= 0.3 is 0 Å². The van der Waals surface area contributed by atoms with Crippen molar-refractivity contribution in [2.75, 3.05) is 0 Å². The number of nitrogens with two attached hydrogens (primary N) is 1. The van der Waals surface area contributed by atoms with Gasteiger partial charge < -0.3 is 25.8 Å². The largest absolute Gasteiger partial charge is 0.388 e. The summed E-state index contributed by atoms with van der Waals surface area (Å²) in [5, 5.41) is 27.8. The minimum absolute atomic E-state index is 0.530. The highest BCUT2D eigenvalue weighted by atomic mass is 16.6. The Balaban J connectivity index is 2.63. The number of rotatable bonds is 1. The molecule has 5 atom stereocenters. The molecule has 1 saturated heterocycles. The molecule has 0 aromatic heterocycles. The summed E-state index contributed by atoms with van der Waals surface area (Å²) in [6.07, 6.45) is -3.31. The lowest BCUT2D eigenvalue weighted by Crippen LogP contribution is -2.60. The van der Waals surface area contributed by atoms with Gasteiger partial charge in [0.25, 0.3) is 0 Å². The molecule has 5 heteroatoms. The molecule has 0 unspecified atom stereocenters. The molecule has 0 amide bonds. The monoisotopic (exact) mass is 177 g/mol. The van der Waals surface area contributed by atoms with Gasteiger partial charge in [0.2, 0.25) is 0 Å². The molecule has 0 aromatic rings. The van der Waals surface area contributed by atoms with Gasteiger partial charge in [-0.05, 0) is 6.42 Å². The number of hydrogen-bond donors (Lipinski definition) is 4. The average Bonchev–Trinajstić information content (AvgIpc) is 2.08. The van der Waals surface area contributed by atoms with Crippen LogP contribution in [0.3, 0.4) is 0 Å². The van der Waals surface area contributed by atoms with Crippen LogP contribution in [0.5, 0.6) is 0 Å². The Hall–Kier alpha value is -0.200. The van der Waals surface area contributed by atoms with E-state index in [0.29, 0.717) is 6.42 Å². The summed E-state index contributed by atoms with van der Waals surface area (Å²) in [4.78, 5) is 0. The maximum atomic E-state index is 9.36. The Morgan fingerprint density at radius 2 is 1.83 bits per heavy atom. The van der Waals surface area contributed by atoms with Crippen molar-refractivity contribution in [3.05, 3.63) is 0 Å². The molecule has 0 aromatic carbocycles. The van der Waals surface area contributed by atoms with Gasteiger partial charge in [0.05, 0.1) is 12.1 Å². The van der Waals surface area contributed by atoms with Crippen molar-refractivity contribution >= 4 is 0 Å². The van der Waals surface area contributed by atoms with Gasteiger partial charge in [-0.1, -0.05) is 6.92 Å². The quantitative estimate of drug-likeness (QED) is 0.377. The van der Waals surface area contributed by atoms with Crippen LogP contribution < -0.4 is 5.73 Å². The molecule has 1 rings (SSSR count). The smallest absolute Gasteiger partial charge is 0.172 e. The van der Waals surface area contributed by atoms with Gasteiger partial charge in [-0.15, -0.1) is 0 Å². The molecule has 72 valence electrons. The van der Waals surface area contributed by atoms with E-state index in [1.54, 1.807) is 6.92 Å². The summed E-state index contributed by atoms with van der Waals surface area (Å²) in [6, 6.07) is -0.928. The minimum atomic E-state index is -1.19. The maximum Gasteiger partial charge on any atom is 0.172 e. The average molecular weight is 177 g/mol. The van der Waals surface area contributed by atoms with Gasteiger partial charge in [-0.3, -0.25) is 0 Å². The number of hydrogen-bond acceptors (Lipinski definition) is 5. The zero-order chi connectivity index (χ0) is 9.30. The lowest BCUT2D eigenvalue weighted by molar-refractivity contribution is -0.242. The van der Waals surface area contributed by atoms with Crippen LogP contribution in [-0.4, -0.2) is 46.0 Å². The van der Waals surface area contributed by atoms with E-state index in [1.807, 2.05) is 0 Å². The second-order valence-corrected chi connectivity index (χ2v) is 3.03. The van der Waals surface area contributed by atoms with E-state index in [1.165, 1.54) is 0 Å². The van der Waals surface area contributed by atoms with Crippen molar-refractivity contribution in [1.29, 1.82) is 0 Å². The number of aliphatic hydroxyl groups is 3. The molecule has 0 saturated carbocycles. The molecule has 12 heavy (non-hydrogen) atoms. The Labute approximate surface area is 70.8 Å². The van der Waals surface area contributed by atoms with Crippen molar-refractivity contribution in [3.63, 3.8) is 0 Å². The number of ether oxygens (including phenoxy) is 1. The van der Waals surface area contributed by atoms with E-state index in [4.69, 9.17) is 15.6 Å². The Kier molecular flexibility index (Phi) is 3.03. The molecule has 0 spiro atoms. The first-order valence-corrected chi connectivity index (χ1v) is 4.03. The van der Waals surface area contributed by atoms with E-state index in [2.05, 4.69) is 0 Å². The first kappa shape index (κ1) is 9.88. The van der Waals surface area contributed by atoms with Crippen molar-refractivity contribution in [2.24, 2.45) is 5.73 Å². The standard InChI is InChI=1S/C7H15NO4/c1-2-3-5(9)6(10)4(8)7(11)12-3/h3-7,9-11H,2,8H2,1H3/t3-,4+,5+,6+,7-/m0/s1. The van der Waals surface area contributed by atoms with Crippen LogP contribution in [0.15, 0.2) is 0 Å². The van der Waals surface area contributed by atoms with Gasteiger partial charge in [0, 0.05) is 0 Å². The van der Waals surface area contributed by atoms with Crippen LogP contribution in [0.1, 0.15) is 13.3 Å². The predicted molar refractivity (Wildman–Crippen MR) is 41.2 cm³/mol. The lowest BCUT2D eigenvalue weighted by atomic mass is 9.96. The summed E-state index contributed by atoms with van der Waals surface area (Å²) in [6.45, 7) is 1.80. The normalized spacial score (nSPS) is 49.2. The van der Waals surface area contributed by atoms with E-state index in [0.717, 1.165) is 0 Å². The molecule has 0 aliphatic carbocycles. The van der Waals surface area contributed by atoms with Crippen molar-refractivity contribution in [3.8, 4) is 0 Å². The third-order valence-electron chi connectivity index (χ3n) is 2.17. The highest BCUT2D eigenvalue weighted by molar-refractivity contribution is 4.90. The fourth-order valence-corrected chi connectivity index (χ4v) is 1.30. The van der Waals surface area contributed by atoms with E-state index >= 15 is 0 Å². The first-order valence-electron chi connectivity index (χ1n) is 4.03. The van der Waals surface area contributed by atoms with E-state index in [9.17, 15) is 10.2 Å². The Morgan fingerprint density at radius 3 is 2.33 bits per heavy atom. The minimum Gasteiger partial charge on any atom is -0.388 e. The van der Waals surface area contributed by atoms with Crippen LogP contribution in [-0.2, 0) is 4.74 Å². The van der Waals surface area contributed by atoms with Crippen molar-refractivity contribution < 1.29 is 20.1 Å². The second-order valence-electron chi connectivity index (χ2n) is 3.03. The predicted octanol–water partition coefficient (Wildman–Crippen LogP) is -1.84. The van der Waals surface area contributed by atoms with Gasteiger partial charge in [0.1, 0.15) is 12.2 Å². The summed E-state index contributed by atoms with van der Waals surface area (Å²) in [5.41, 5.74) is 5.34. The third-order valence-corrected chi connectivity index (χ3v) is 2.17. The third kappa shape index (κ3) is 1.60. The van der Waals surface area contributed by atoms with Crippen molar-refractivity contribution in [2.45, 2.75) is 44.0 Å². The molecule has 1 fully saturated rings. The number of aliphatic hydroxyl groups excluding tert-OH is 3. The molecular formula is C7H15NO4. The zero-order valence-electron chi connectivity index (χ0n) is 6.92. The molecule has 0 radical (unpaired) electrons. The topological polar surface area (TPSA) is 95.9 Å². The molecular weight excluding hydrogens is 162 g/mol. The molecule has 1 heterocycles. The van der Waals surface area contributed by atoms with Gasteiger partial charge in [-0.25, -0.2) is 0 Å². The van der Waals surface area contributed by atoms with Crippen LogP contribution >= 0.6 is 0 Å². The van der Waals surface area contributed by atoms with E-state index in [-0.39, 0.29) is 0 Å². The summed E-state index contributed by atoms with van der Waals surface area (Å²) < 4.78 is 4.95. The summed E-state index contributed by atoms with van der Waals surface area (Å²) in [5.74, 6) is 0. The molecule has 1 aliphatic heterocycles. The highest BCUT2D eigenvalue weighted by Gasteiger charge is 2.40. The molecule has 5 N–H and O–H groups in total. The fraction of sp³-hybridized carbons (Fsp3) is 1.00. The highest BCUT2D eigenvalue weighted by Crippen LogP contribution is 2.20. The Morgan fingerprint density at radius 1 is 1.25 bits per heavy atom. The van der Waals surface area contributed by atoms with Crippen LogP contribution in [0.4, 0.5) is 0 Å². The zero-order valence-corrected chi connectivity index (χ0v) is 6.92. The SMILES string of the molecule is CC[C@@H]1O[C@H](O)[C@H](N)[C@@H](O)[C@@H]1O. The summed E-state index contributed by atoms with van der Waals surface area (Å²) in [7, 11) is 0. The van der Waals surface area contributed by atoms with Gasteiger partial charge in [0.15, 0.2) is 6.29 Å². The molecule has 5 nitrogen and oxygen atoms in total. The first-order chi connectivity index (χ1) is 5.57. The summed E-state index contributed by atoms with van der Waals surface area (Å²) >= 11 is 0. The van der Waals surface area contributed by atoms with Crippen LogP contribution in [0.2, 0.25) is 0 Å². The van der Waals surface area contributed by atoms with Gasteiger partial charge in [-0.2, -0.15) is 0 Å².